The molecule has 1 unspecified atom stereocenters. The van der Waals surface area contributed by atoms with Crippen LogP contribution in [-0.4, -0.2) is 18.2 Å². The van der Waals surface area contributed by atoms with Crippen LogP contribution in [0.3, 0.4) is 0 Å². The van der Waals surface area contributed by atoms with Crippen LogP contribution in [0.4, 0.5) is 13.2 Å². The highest BCUT2D eigenvalue weighted by Gasteiger charge is 2.31. The highest BCUT2D eigenvalue weighted by atomic mass is 19.4. The van der Waals surface area contributed by atoms with Crippen molar-refractivity contribution in [3.63, 3.8) is 0 Å². The molecule has 0 saturated heterocycles. The van der Waals surface area contributed by atoms with Gasteiger partial charge in [0.1, 0.15) is 0 Å². The molecule has 1 aliphatic rings. The van der Waals surface area contributed by atoms with Crippen molar-refractivity contribution in [2.24, 2.45) is 17.8 Å². The maximum atomic E-state index is 12.8. The Labute approximate surface area is 152 Å². The minimum absolute atomic E-state index is 0.000598. The van der Waals surface area contributed by atoms with E-state index in [4.69, 9.17) is 4.74 Å². The largest absolute Gasteiger partial charge is 0.469 e. The zero-order valence-electron chi connectivity index (χ0n) is 15.3. The number of aryl methyl sites for hydroxylation is 1. The Morgan fingerprint density at radius 3 is 2.42 bits per heavy atom. The van der Waals surface area contributed by atoms with Gasteiger partial charge in [-0.15, -0.1) is 0 Å². The van der Waals surface area contributed by atoms with E-state index in [0.29, 0.717) is 23.8 Å². The first-order chi connectivity index (χ1) is 12.3. The summed E-state index contributed by atoms with van der Waals surface area (Å²) < 4.78 is 43.2. The predicted molar refractivity (Wildman–Crippen MR) is 92.3 cm³/mol. The number of benzene rings is 1. The molecule has 1 aromatic rings. The number of ether oxygens (including phenoxy) is 1. The highest BCUT2D eigenvalue weighted by Crippen LogP contribution is 2.36. The molecule has 0 radical (unpaired) electrons. The molecule has 1 fully saturated rings. The minimum Gasteiger partial charge on any atom is -0.469 e. The van der Waals surface area contributed by atoms with Crippen molar-refractivity contribution < 1.29 is 27.8 Å². The van der Waals surface area contributed by atoms with Gasteiger partial charge in [0.25, 0.3) is 0 Å². The molecule has 3 nitrogen and oxygen atoms in total. The van der Waals surface area contributed by atoms with E-state index in [9.17, 15) is 23.1 Å². The quantitative estimate of drug-likeness (QED) is 0.734. The summed E-state index contributed by atoms with van der Waals surface area (Å²) in [5.41, 5.74) is 0.400. The van der Waals surface area contributed by atoms with Gasteiger partial charge in [0.05, 0.1) is 25.2 Å². The van der Waals surface area contributed by atoms with Crippen molar-refractivity contribution in [1.82, 2.24) is 0 Å². The lowest BCUT2D eigenvalue weighted by Crippen LogP contribution is -2.26. The topological polar surface area (TPSA) is 46.5 Å². The van der Waals surface area contributed by atoms with Gasteiger partial charge in [-0.1, -0.05) is 13.0 Å². The van der Waals surface area contributed by atoms with Crippen LogP contribution < -0.4 is 0 Å². The van der Waals surface area contributed by atoms with E-state index in [0.717, 1.165) is 49.8 Å². The first-order valence-electron chi connectivity index (χ1n) is 9.14. The van der Waals surface area contributed by atoms with Gasteiger partial charge in [0, 0.05) is 0 Å². The van der Waals surface area contributed by atoms with Gasteiger partial charge >= 0.3 is 12.1 Å². The van der Waals surface area contributed by atoms with Crippen molar-refractivity contribution in [3.05, 3.63) is 34.9 Å². The Balaban J connectivity index is 1.91. The third kappa shape index (κ3) is 5.22. The van der Waals surface area contributed by atoms with Gasteiger partial charge in [-0.2, -0.15) is 13.2 Å². The molecular formula is C20H27F3O3. The van der Waals surface area contributed by atoms with Crippen LogP contribution >= 0.6 is 0 Å². The summed E-state index contributed by atoms with van der Waals surface area (Å²) in [4.78, 5) is 11.6. The maximum absolute atomic E-state index is 12.8. The predicted octanol–water partition coefficient (Wildman–Crippen LogP) is 4.75. The van der Waals surface area contributed by atoms with E-state index in [1.807, 2.05) is 0 Å². The molecule has 0 amide bonds. The first-order valence-corrected chi connectivity index (χ1v) is 9.14. The zero-order valence-corrected chi connectivity index (χ0v) is 15.3. The number of carbonyl (C=O) groups is 1. The van der Waals surface area contributed by atoms with Crippen LogP contribution in [-0.2, 0) is 28.7 Å². The smallest absolute Gasteiger partial charge is 0.416 e. The summed E-state index contributed by atoms with van der Waals surface area (Å²) >= 11 is 0. The normalized spacial score (nSPS) is 22.1. The third-order valence-corrected chi connectivity index (χ3v) is 5.68. The highest BCUT2D eigenvalue weighted by molar-refractivity contribution is 5.72. The molecule has 1 saturated carbocycles. The number of hydrogen-bond acceptors (Lipinski definition) is 3. The summed E-state index contributed by atoms with van der Waals surface area (Å²) in [5.74, 6) is 0.804. The molecule has 6 heteroatoms. The van der Waals surface area contributed by atoms with Crippen LogP contribution in [0.1, 0.15) is 55.7 Å². The number of aliphatic hydroxyl groups is 1. The molecule has 1 aliphatic carbocycles. The van der Waals surface area contributed by atoms with E-state index in [2.05, 4.69) is 6.92 Å². The molecule has 0 aliphatic heterocycles. The Hall–Kier alpha value is -1.56. The van der Waals surface area contributed by atoms with Gasteiger partial charge in [0.15, 0.2) is 0 Å². The molecule has 0 aromatic heterocycles. The van der Waals surface area contributed by atoms with E-state index in [1.165, 1.54) is 13.2 Å². The van der Waals surface area contributed by atoms with Crippen molar-refractivity contribution in [1.29, 1.82) is 0 Å². The summed E-state index contributed by atoms with van der Waals surface area (Å²) in [7, 11) is 1.42. The number of alkyl halides is 3. The molecule has 0 bridgehead atoms. The molecule has 1 aromatic carbocycles. The Morgan fingerprint density at radius 1 is 1.23 bits per heavy atom. The maximum Gasteiger partial charge on any atom is 0.416 e. The van der Waals surface area contributed by atoms with Gasteiger partial charge in [0.2, 0.25) is 0 Å². The zero-order chi connectivity index (χ0) is 19.3. The van der Waals surface area contributed by atoms with E-state index < -0.39 is 18.3 Å². The standard InChI is InChI=1S/C20H27F3O3/c1-13(14-5-7-16(8-6-14)19(25)26-2)3-4-15-9-10-18(20(21,22)23)11-17(15)12-24/h9-11,13-14,16,24H,3-8,12H2,1-2H3. The Kier molecular flexibility index (Phi) is 7.09. The number of rotatable bonds is 6. The molecule has 1 atom stereocenters. The average molecular weight is 372 g/mol. The number of carbonyl (C=O) groups excluding carboxylic acids is 1. The van der Waals surface area contributed by atoms with E-state index in [-0.39, 0.29) is 11.9 Å². The van der Waals surface area contributed by atoms with Gasteiger partial charge in [-0.3, -0.25) is 4.79 Å². The number of aliphatic hydroxyl groups excluding tert-OH is 1. The lowest BCUT2D eigenvalue weighted by molar-refractivity contribution is -0.147. The lowest BCUT2D eigenvalue weighted by Gasteiger charge is -2.31. The molecule has 0 spiro atoms. The second-order valence-electron chi connectivity index (χ2n) is 7.29. The van der Waals surface area contributed by atoms with Crippen LogP contribution in [0.2, 0.25) is 0 Å². The number of methoxy groups -OCH3 is 1. The van der Waals surface area contributed by atoms with Gasteiger partial charge < -0.3 is 9.84 Å². The molecule has 1 N–H and O–H groups in total. The second-order valence-corrected chi connectivity index (χ2v) is 7.29. The molecular weight excluding hydrogens is 345 g/mol. The van der Waals surface area contributed by atoms with Crippen LogP contribution in [0.15, 0.2) is 18.2 Å². The van der Waals surface area contributed by atoms with Crippen LogP contribution in [0.25, 0.3) is 0 Å². The fourth-order valence-electron chi connectivity index (χ4n) is 3.90. The number of hydrogen-bond donors (Lipinski definition) is 1. The van der Waals surface area contributed by atoms with Crippen molar-refractivity contribution in [3.8, 4) is 0 Å². The number of esters is 1. The summed E-state index contributed by atoms with van der Waals surface area (Å²) in [6, 6.07) is 3.61. The van der Waals surface area contributed by atoms with Gasteiger partial charge in [-0.25, -0.2) is 0 Å². The van der Waals surface area contributed by atoms with Gasteiger partial charge in [-0.05, 0) is 73.6 Å². The second kappa shape index (κ2) is 8.89. The number of halogens is 3. The van der Waals surface area contributed by atoms with E-state index in [1.54, 1.807) is 0 Å². The molecule has 2 rings (SSSR count). The van der Waals surface area contributed by atoms with Crippen molar-refractivity contribution in [2.45, 2.75) is 58.2 Å². The lowest BCUT2D eigenvalue weighted by atomic mass is 9.75. The molecule has 0 heterocycles. The minimum atomic E-state index is -4.39. The van der Waals surface area contributed by atoms with E-state index >= 15 is 0 Å². The fraction of sp³-hybridized carbons (Fsp3) is 0.650. The van der Waals surface area contributed by atoms with Crippen LogP contribution in [0, 0.1) is 17.8 Å². The third-order valence-electron chi connectivity index (χ3n) is 5.68. The first kappa shape index (κ1) is 20.7. The molecule has 146 valence electrons. The van der Waals surface area contributed by atoms with Crippen molar-refractivity contribution >= 4 is 5.97 Å². The SMILES string of the molecule is COC(=O)C1CCC(C(C)CCc2ccc(C(F)(F)F)cc2CO)CC1. The Morgan fingerprint density at radius 2 is 1.88 bits per heavy atom. The van der Waals surface area contributed by atoms with Crippen molar-refractivity contribution in [2.75, 3.05) is 7.11 Å². The Bertz CT molecular complexity index is 605. The van der Waals surface area contributed by atoms with Crippen LogP contribution in [0.5, 0.6) is 0 Å². The summed E-state index contributed by atoms with van der Waals surface area (Å²) in [5, 5.41) is 9.42. The monoisotopic (exact) mass is 372 g/mol. The molecule has 26 heavy (non-hydrogen) atoms. The average Bonchev–Trinajstić information content (AvgIpc) is 2.64. The summed E-state index contributed by atoms with van der Waals surface area (Å²) in [6.07, 6.45) is 0.724. The summed E-state index contributed by atoms with van der Waals surface area (Å²) in [6.45, 7) is 1.77. The fourth-order valence-corrected chi connectivity index (χ4v) is 3.90.